The van der Waals surface area contributed by atoms with Crippen molar-refractivity contribution in [2.24, 2.45) is 0 Å². The first kappa shape index (κ1) is 29.0. The fourth-order valence-electron chi connectivity index (χ4n) is 3.66. The first-order valence-electron chi connectivity index (χ1n) is 13.1. The van der Waals surface area contributed by atoms with E-state index in [0.717, 1.165) is 37.2 Å². The number of benzene rings is 2. The van der Waals surface area contributed by atoms with Crippen LogP contribution in [0, 0.1) is 0 Å². The lowest BCUT2D eigenvalue weighted by molar-refractivity contribution is -0.137. The largest absolute Gasteiger partial charge is 0.494 e. The molecule has 2 rings (SSSR count). The topological polar surface area (TPSA) is 71.1 Å². The lowest BCUT2D eigenvalue weighted by Gasteiger charge is -2.08. The van der Waals surface area contributed by atoms with Gasteiger partial charge in [0.15, 0.2) is 0 Å². The maximum atomic E-state index is 12.3. The number of hydrogen-bond donors (Lipinski definition) is 0. The van der Waals surface area contributed by atoms with Crippen LogP contribution in [-0.2, 0) is 9.53 Å². The number of unbranched alkanes of at least 4 members (excludes halogenated alkanes) is 9. The third kappa shape index (κ3) is 12.4. The molecule has 0 aliphatic rings. The number of rotatable bonds is 19. The first-order chi connectivity index (χ1) is 17.6. The Hall–Kier alpha value is -3.28. The van der Waals surface area contributed by atoms with Gasteiger partial charge in [0.2, 0.25) is 0 Å². The molecule has 0 saturated heterocycles. The van der Waals surface area contributed by atoms with Gasteiger partial charge in [0.05, 0.1) is 25.4 Å². The normalized spacial score (nSPS) is 10.5. The van der Waals surface area contributed by atoms with Crippen molar-refractivity contribution in [3.8, 4) is 17.2 Å². The highest BCUT2D eigenvalue weighted by molar-refractivity contribution is 5.91. The molecular weight excluding hydrogens is 456 g/mol. The van der Waals surface area contributed by atoms with Crippen LogP contribution in [0.25, 0.3) is 0 Å². The molecule has 0 heterocycles. The van der Waals surface area contributed by atoms with Gasteiger partial charge in [0.1, 0.15) is 17.2 Å². The number of carbonyl (C=O) groups is 2. The third-order valence-corrected chi connectivity index (χ3v) is 5.65. The molecule has 0 aliphatic carbocycles. The van der Waals surface area contributed by atoms with Crippen molar-refractivity contribution in [3.63, 3.8) is 0 Å². The molecule has 0 fully saturated rings. The zero-order chi connectivity index (χ0) is 25.8. The summed E-state index contributed by atoms with van der Waals surface area (Å²) >= 11 is 0. The maximum absolute atomic E-state index is 12.3. The Kier molecular flexibility index (Phi) is 14.5. The number of carbonyl (C=O) groups excluding carboxylic acids is 2. The highest BCUT2D eigenvalue weighted by Crippen LogP contribution is 2.20. The number of ether oxygens (including phenoxy) is 4. The van der Waals surface area contributed by atoms with Gasteiger partial charge in [-0.1, -0.05) is 57.9 Å². The molecule has 0 amide bonds. The summed E-state index contributed by atoms with van der Waals surface area (Å²) in [6.07, 6.45) is 12.8. The Morgan fingerprint density at radius 2 is 1.14 bits per heavy atom. The summed E-state index contributed by atoms with van der Waals surface area (Å²) in [6.45, 7) is 7.06. The highest BCUT2D eigenvalue weighted by Gasteiger charge is 2.09. The molecule has 2 aromatic rings. The number of hydrogen-bond acceptors (Lipinski definition) is 6. The predicted molar refractivity (Wildman–Crippen MR) is 142 cm³/mol. The quantitative estimate of drug-likeness (QED) is 0.0878. The van der Waals surface area contributed by atoms with Crippen LogP contribution in [0.5, 0.6) is 17.2 Å². The molecule has 6 heteroatoms. The number of esters is 2. The van der Waals surface area contributed by atoms with Crippen molar-refractivity contribution in [2.75, 3.05) is 19.8 Å². The maximum Gasteiger partial charge on any atom is 0.343 e. The molecule has 0 saturated carbocycles. The Morgan fingerprint density at radius 1 is 0.667 bits per heavy atom. The second-order valence-corrected chi connectivity index (χ2v) is 8.57. The van der Waals surface area contributed by atoms with E-state index in [1.54, 1.807) is 48.5 Å². The van der Waals surface area contributed by atoms with Crippen molar-refractivity contribution >= 4 is 11.9 Å². The molecular formula is C30H40O6. The minimum absolute atomic E-state index is 0.336. The van der Waals surface area contributed by atoms with E-state index in [2.05, 4.69) is 6.58 Å². The zero-order valence-electron chi connectivity index (χ0n) is 21.5. The van der Waals surface area contributed by atoms with E-state index < -0.39 is 5.97 Å². The van der Waals surface area contributed by atoms with E-state index in [1.165, 1.54) is 44.6 Å². The van der Waals surface area contributed by atoms with Gasteiger partial charge in [0.25, 0.3) is 0 Å². The monoisotopic (exact) mass is 496 g/mol. The second-order valence-electron chi connectivity index (χ2n) is 8.57. The molecule has 196 valence electrons. The van der Waals surface area contributed by atoms with Crippen LogP contribution in [0.1, 0.15) is 81.5 Å². The van der Waals surface area contributed by atoms with Crippen LogP contribution < -0.4 is 14.2 Å². The van der Waals surface area contributed by atoms with E-state index in [4.69, 9.17) is 18.9 Å². The van der Waals surface area contributed by atoms with Crippen LogP contribution >= 0.6 is 0 Å². The molecule has 0 atom stereocenters. The Balaban J connectivity index is 1.47. The van der Waals surface area contributed by atoms with Gasteiger partial charge in [-0.15, -0.1) is 0 Å². The van der Waals surface area contributed by atoms with Crippen LogP contribution in [0.4, 0.5) is 0 Å². The van der Waals surface area contributed by atoms with E-state index in [0.29, 0.717) is 31.1 Å². The third-order valence-electron chi connectivity index (χ3n) is 5.65. The average Bonchev–Trinajstić information content (AvgIpc) is 2.90. The molecule has 36 heavy (non-hydrogen) atoms. The fourth-order valence-corrected chi connectivity index (χ4v) is 3.66. The summed E-state index contributed by atoms with van der Waals surface area (Å²) in [4.78, 5) is 23.3. The predicted octanol–water partition coefficient (Wildman–Crippen LogP) is 7.31. The molecule has 0 bridgehead atoms. The average molecular weight is 497 g/mol. The van der Waals surface area contributed by atoms with Gasteiger partial charge < -0.3 is 18.9 Å². The van der Waals surface area contributed by atoms with Gasteiger partial charge in [0, 0.05) is 6.08 Å². The summed E-state index contributed by atoms with van der Waals surface area (Å²) in [6, 6.07) is 14.0. The van der Waals surface area contributed by atoms with Gasteiger partial charge >= 0.3 is 11.9 Å². The second kappa shape index (κ2) is 18.1. The van der Waals surface area contributed by atoms with Crippen molar-refractivity contribution in [1.29, 1.82) is 0 Å². The van der Waals surface area contributed by atoms with Crippen molar-refractivity contribution < 1.29 is 28.5 Å². The Bertz CT molecular complexity index is 889. The molecule has 2 aromatic carbocycles. The van der Waals surface area contributed by atoms with E-state index in [-0.39, 0.29) is 5.97 Å². The van der Waals surface area contributed by atoms with Crippen molar-refractivity contribution in [2.45, 2.75) is 71.1 Å². The van der Waals surface area contributed by atoms with Crippen LogP contribution in [0.3, 0.4) is 0 Å². The zero-order valence-corrected chi connectivity index (χ0v) is 21.5. The Labute approximate surface area is 215 Å². The smallest absolute Gasteiger partial charge is 0.343 e. The van der Waals surface area contributed by atoms with Gasteiger partial charge in [-0.2, -0.15) is 0 Å². The van der Waals surface area contributed by atoms with E-state index in [9.17, 15) is 9.59 Å². The lowest BCUT2D eigenvalue weighted by atomic mass is 10.1. The summed E-state index contributed by atoms with van der Waals surface area (Å²) in [5.74, 6) is 1.24. The summed E-state index contributed by atoms with van der Waals surface area (Å²) in [7, 11) is 0. The fraction of sp³-hybridized carbons (Fsp3) is 0.467. The summed E-state index contributed by atoms with van der Waals surface area (Å²) in [5.41, 5.74) is 0.479. The molecule has 6 nitrogen and oxygen atoms in total. The van der Waals surface area contributed by atoms with Crippen LogP contribution in [0.2, 0.25) is 0 Å². The molecule has 0 spiro atoms. The van der Waals surface area contributed by atoms with E-state index >= 15 is 0 Å². The van der Waals surface area contributed by atoms with Crippen LogP contribution in [0.15, 0.2) is 61.2 Å². The molecule has 0 aromatic heterocycles. The molecule has 0 N–H and O–H groups in total. The molecule has 0 aliphatic heterocycles. The molecule has 0 unspecified atom stereocenters. The minimum Gasteiger partial charge on any atom is -0.494 e. The van der Waals surface area contributed by atoms with Gasteiger partial charge in [-0.3, -0.25) is 0 Å². The highest BCUT2D eigenvalue weighted by atomic mass is 16.5. The van der Waals surface area contributed by atoms with Crippen molar-refractivity contribution in [1.82, 2.24) is 0 Å². The van der Waals surface area contributed by atoms with Crippen molar-refractivity contribution in [3.05, 3.63) is 66.7 Å². The summed E-state index contributed by atoms with van der Waals surface area (Å²) in [5, 5.41) is 0. The van der Waals surface area contributed by atoms with E-state index in [1.807, 2.05) is 6.92 Å². The Morgan fingerprint density at radius 3 is 1.69 bits per heavy atom. The first-order valence-corrected chi connectivity index (χ1v) is 13.1. The molecule has 0 radical (unpaired) electrons. The minimum atomic E-state index is -0.403. The van der Waals surface area contributed by atoms with Gasteiger partial charge in [-0.05, 0) is 68.3 Å². The standard InChI is InChI=1S/C30H40O6/c1-3-29(31)35-24-14-12-10-8-6-5-7-9-11-13-23-34-27-17-15-25(16-18-27)30(32)36-28-21-19-26(20-22-28)33-4-2/h3,15-22H,1,4-14,23-24H2,2H3. The SMILES string of the molecule is C=CC(=O)OCCCCCCCCCCCCOc1ccc(C(=O)Oc2ccc(OCC)cc2)cc1. The van der Waals surface area contributed by atoms with Gasteiger partial charge in [-0.25, -0.2) is 9.59 Å². The summed E-state index contributed by atoms with van der Waals surface area (Å²) < 4.78 is 21.6. The van der Waals surface area contributed by atoms with Crippen LogP contribution in [-0.4, -0.2) is 31.8 Å². The lowest BCUT2D eigenvalue weighted by Crippen LogP contribution is -2.08.